The zero-order valence-electron chi connectivity index (χ0n) is 12.1. The highest BCUT2D eigenvalue weighted by Crippen LogP contribution is 2.37. The van der Waals surface area contributed by atoms with Gasteiger partial charge in [0.25, 0.3) is 0 Å². The van der Waals surface area contributed by atoms with Gasteiger partial charge in [0, 0.05) is 23.2 Å². The summed E-state index contributed by atoms with van der Waals surface area (Å²) in [6, 6.07) is 17.7. The number of aromatic nitrogens is 1. The summed E-state index contributed by atoms with van der Waals surface area (Å²) >= 11 is 0. The van der Waals surface area contributed by atoms with Crippen molar-refractivity contribution in [2.24, 2.45) is 0 Å². The van der Waals surface area contributed by atoms with Crippen molar-refractivity contribution in [2.45, 2.75) is 18.9 Å². The Morgan fingerprint density at radius 3 is 2.90 bits per heavy atom. The molecule has 0 spiro atoms. The molecule has 0 saturated carbocycles. The first-order chi connectivity index (χ1) is 10.4. The summed E-state index contributed by atoms with van der Waals surface area (Å²) in [5.74, 6) is 0. The Labute approximate surface area is 124 Å². The fraction of sp³-hybridized carbons (Fsp3) is 0.211. The molecule has 21 heavy (non-hydrogen) atoms. The number of fused-ring (bicyclic) bond motifs is 2. The van der Waals surface area contributed by atoms with Crippen LogP contribution in [0.15, 0.2) is 54.7 Å². The maximum atomic E-state index is 4.61. The van der Waals surface area contributed by atoms with Gasteiger partial charge >= 0.3 is 0 Å². The summed E-state index contributed by atoms with van der Waals surface area (Å²) < 4.78 is 0. The summed E-state index contributed by atoms with van der Waals surface area (Å²) in [5.41, 5.74) is 6.55. The van der Waals surface area contributed by atoms with E-state index in [4.69, 9.17) is 0 Å². The van der Waals surface area contributed by atoms with Gasteiger partial charge in [-0.3, -0.25) is 4.98 Å². The van der Waals surface area contributed by atoms with Crippen LogP contribution in [0, 0.1) is 0 Å². The molecular formula is C19H18N2. The van der Waals surface area contributed by atoms with Crippen molar-refractivity contribution in [1.29, 1.82) is 0 Å². The fourth-order valence-electron chi connectivity index (χ4n) is 3.44. The van der Waals surface area contributed by atoms with E-state index in [1.165, 1.54) is 34.1 Å². The predicted molar refractivity (Wildman–Crippen MR) is 87.3 cm³/mol. The highest BCUT2D eigenvalue weighted by Gasteiger charge is 2.23. The van der Waals surface area contributed by atoms with Crippen LogP contribution < -0.4 is 5.32 Å². The zero-order chi connectivity index (χ0) is 14.2. The van der Waals surface area contributed by atoms with Gasteiger partial charge in [-0.15, -0.1) is 0 Å². The van der Waals surface area contributed by atoms with Crippen LogP contribution in [0.4, 0.5) is 0 Å². The van der Waals surface area contributed by atoms with Crippen LogP contribution >= 0.6 is 0 Å². The smallest absolute Gasteiger partial charge is 0.0702 e. The first kappa shape index (κ1) is 12.5. The van der Waals surface area contributed by atoms with Crippen LogP contribution in [0.5, 0.6) is 0 Å². The van der Waals surface area contributed by atoms with Crippen molar-refractivity contribution in [3.8, 4) is 11.1 Å². The van der Waals surface area contributed by atoms with Gasteiger partial charge in [0.2, 0.25) is 0 Å². The van der Waals surface area contributed by atoms with E-state index in [1.807, 2.05) is 19.3 Å². The lowest BCUT2D eigenvalue weighted by Gasteiger charge is -2.12. The van der Waals surface area contributed by atoms with Crippen molar-refractivity contribution in [3.63, 3.8) is 0 Å². The fourth-order valence-corrected chi connectivity index (χ4v) is 3.44. The van der Waals surface area contributed by atoms with E-state index in [2.05, 4.69) is 52.8 Å². The Bertz CT molecular complexity index is 808. The summed E-state index contributed by atoms with van der Waals surface area (Å²) in [6.45, 7) is 0. The lowest BCUT2D eigenvalue weighted by atomic mass is 9.96. The van der Waals surface area contributed by atoms with Crippen molar-refractivity contribution >= 4 is 10.9 Å². The topological polar surface area (TPSA) is 24.9 Å². The molecule has 1 atom stereocenters. The molecule has 1 N–H and O–H groups in total. The van der Waals surface area contributed by atoms with Gasteiger partial charge in [0.1, 0.15) is 0 Å². The van der Waals surface area contributed by atoms with E-state index in [9.17, 15) is 0 Å². The van der Waals surface area contributed by atoms with Gasteiger partial charge in [-0.25, -0.2) is 0 Å². The lowest BCUT2D eigenvalue weighted by Crippen LogP contribution is -2.12. The van der Waals surface area contributed by atoms with Gasteiger partial charge in [-0.05, 0) is 48.7 Å². The molecule has 1 heterocycles. The maximum absolute atomic E-state index is 4.61. The number of hydrogen-bond donors (Lipinski definition) is 1. The van der Waals surface area contributed by atoms with Crippen molar-refractivity contribution in [3.05, 3.63) is 65.9 Å². The van der Waals surface area contributed by atoms with Crippen LogP contribution in [0.1, 0.15) is 23.6 Å². The molecule has 0 aliphatic heterocycles. The third kappa shape index (κ3) is 2.03. The molecular weight excluding hydrogens is 256 g/mol. The lowest BCUT2D eigenvalue weighted by molar-refractivity contribution is 0.590. The normalized spacial score (nSPS) is 17.1. The minimum atomic E-state index is 0.494. The summed E-state index contributed by atoms with van der Waals surface area (Å²) in [7, 11) is 2.05. The number of hydrogen-bond acceptors (Lipinski definition) is 2. The second-order valence-corrected chi connectivity index (χ2v) is 5.67. The predicted octanol–water partition coefficient (Wildman–Crippen LogP) is 4.11. The summed E-state index contributed by atoms with van der Waals surface area (Å²) in [6.07, 6.45) is 4.33. The first-order valence-electron chi connectivity index (χ1n) is 7.51. The Morgan fingerprint density at radius 2 is 2.00 bits per heavy atom. The van der Waals surface area contributed by atoms with Gasteiger partial charge in [-0.1, -0.05) is 36.4 Å². The molecule has 3 aromatic rings. The van der Waals surface area contributed by atoms with Gasteiger partial charge in [0.05, 0.1) is 5.52 Å². The van der Waals surface area contributed by atoms with E-state index in [0.29, 0.717) is 6.04 Å². The molecule has 1 unspecified atom stereocenters. The molecule has 0 saturated heterocycles. The van der Waals surface area contributed by atoms with Crippen molar-refractivity contribution in [1.82, 2.24) is 10.3 Å². The minimum absolute atomic E-state index is 0.494. The minimum Gasteiger partial charge on any atom is -0.313 e. The first-order valence-corrected chi connectivity index (χ1v) is 7.51. The van der Waals surface area contributed by atoms with Crippen LogP contribution in [0.2, 0.25) is 0 Å². The summed E-state index contributed by atoms with van der Waals surface area (Å²) in [5, 5.41) is 4.62. The van der Waals surface area contributed by atoms with Crippen molar-refractivity contribution < 1.29 is 0 Å². The molecule has 0 amide bonds. The van der Waals surface area contributed by atoms with Crippen LogP contribution in [-0.2, 0) is 6.42 Å². The largest absolute Gasteiger partial charge is 0.313 e. The van der Waals surface area contributed by atoms with Crippen LogP contribution in [-0.4, -0.2) is 12.0 Å². The molecule has 1 aliphatic rings. The third-order valence-electron chi connectivity index (χ3n) is 4.52. The highest BCUT2D eigenvalue weighted by molar-refractivity contribution is 5.84. The molecule has 2 heteroatoms. The van der Waals surface area contributed by atoms with Gasteiger partial charge in [0.15, 0.2) is 0 Å². The number of benzene rings is 2. The van der Waals surface area contributed by atoms with E-state index >= 15 is 0 Å². The van der Waals surface area contributed by atoms with E-state index in [-0.39, 0.29) is 0 Å². The molecule has 0 radical (unpaired) electrons. The second-order valence-electron chi connectivity index (χ2n) is 5.67. The quantitative estimate of drug-likeness (QED) is 0.760. The second kappa shape index (κ2) is 4.97. The Kier molecular flexibility index (Phi) is 2.97. The third-order valence-corrected chi connectivity index (χ3v) is 4.52. The number of nitrogens with zero attached hydrogens (tertiary/aromatic N) is 1. The van der Waals surface area contributed by atoms with E-state index in [1.54, 1.807) is 0 Å². The molecule has 4 rings (SSSR count). The average Bonchev–Trinajstić information content (AvgIpc) is 2.97. The number of para-hydroxylation sites is 1. The SMILES string of the molecule is CNC1CCc2c(-c3cnc4ccccc4c3)cccc21. The number of nitrogens with one attached hydrogen (secondary N) is 1. The highest BCUT2D eigenvalue weighted by atomic mass is 14.9. The van der Waals surface area contributed by atoms with Crippen LogP contribution in [0.25, 0.3) is 22.0 Å². The van der Waals surface area contributed by atoms with Gasteiger partial charge in [-0.2, -0.15) is 0 Å². The maximum Gasteiger partial charge on any atom is 0.0702 e. The molecule has 0 bridgehead atoms. The molecule has 2 nitrogen and oxygen atoms in total. The average molecular weight is 274 g/mol. The monoisotopic (exact) mass is 274 g/mol. The standard InChI is InChI=1S/C19H18N2/c1-20-19-10-9-16-15(6-4-7-17(16)19)14-11-13-5-2-3-8-18(13)21-12-14/h2-8,11-12,19-20H,9-10H2,1H3. The van der Waals surface area contributed by atoms with Crippen molar-refractivity contribution in [2.75, 3.05) is 7.05 Å². The Hall–Kier alpha value is -2.19. The summed E-state index contributed by atoms with van der Waals surface area (Å²) in [4.78, 5) is 4.61. The van der Waals surface area contributed by atoms with Gasteiger partial charge < -0.3 is 5.32 Å². The molecule has 0 fully saturated rings. The van der Waals surface area contributed by atoms with Crippen LogP contribution in [0.3, 0.4) is 0 Å². The molecule has 104 valence electrons. The Balaban J connectivity index is 1.88. The number of pyridine rings is 1. The van der Waals surface area contributed by atoms with E-state index < -0.39 is 0 Å². The molecule has 1 aromatic heterocycles. The number of rotatable bonds is 2. The molecule has 2 aromatic carbocycles. The molecule has 1 aliphatic carbocycles. The Morgan fingerprint density at radius 1 is 1.10 bits per heavy atom. The van der Waals surface area contributed by atoms with E-state index in [0.717, 1.165) is 11.9 Å². The zero-order valence-corrected chi connectivity index (χ0v) is 12.1.